The standard InChI is InChI=1S/C25H27N5O2S/c1-29-8-10-30(11-9-29)16-17-4-6-22(26-14-17)23-20-13-18(5-7-21(20)28-25(23)32)24(31)27-15-19-3-2-12-33-19/h2-7,12-14,28,32H,8-11,15-16H2,1H3,(H,27,31). The Morgan fingerprint density at radius 1 is 1.18 bits per heavy atom. The largest absolute Gasteiger partial charge is 0.494 e. The number of carbonyl (C=O) groups excluding carboxylic acids is 1. The molecule has 170 valence electrons. The van der Waals surface area contributed by atoms with Crippen LogP contribution in [0.25, 0.3) is 22.2 Å². The van der Waals surface area contributed by atoms with Gasteiger partial charge >= 0.3 is 0 Å². The van der Waals surface area contributed by atoms with E-state index in [1.165, 1.54) is 0 Å². The van der Waals surface area contributed by atoms with Crippen LogP contribution in [0.15, 0.2) is 54.0 Å². The molecule has 4 aromatic rings. The van der Waals surface area contributed by atoms with Gasteiger partial charge in [-0.15, -0.1) is 11.3 Å². The van der Waals surface area contributed by atoms with E-state index in [0.29, 0.717) is 23.4 Å². The van der Waals surface area contributed by atoms with E-state index in [4.69, 9.17) is 0 Å². The molecular weight excluding hydrogens is 434 g/mol. The number of hydrogen-bond acceptors (Lipinski definition) is 6. The van der Waals surface area contributed by atoms with Gasteiger partial charge in [0, 0.05) is 60.3 Å². The van der Waals surface area contributed by atoms with Gasteiger partial charge in [-0.3, -0.25) is 14.7 Å². The van der Waals surface area contributed by atoms with Crippen LogP contribution >= 0.6 is 11.3 Å². The molecule has 8 heteroatoms. The number of aromatic hydroxyl groups is 1. The van der Waals surface area contributed by atoms with Crippen molar-refractivity contribution >= 4 is 28.1 Å². The van der Waals surface area contributed by atoms with Gasteiger partial charge in [0.15, 0.2) is 5.88 Å². The van der Waals surface area contributed by atoms with E-state index in [1.807, 2.05) is 41.9 Å². The Morgan fingerprint density at radius 3 is 2.76 bits per heavy atom. The monoisotopic (exact) mass is 461 g/mol. The molecule has 0 unspecified atom stereocenters. The number of fused-ring (bicyclic) bond motifs is 1. The van der Waals surface area contributed by atoms with E-state index in [9.17, 15) is 9.90 Å². The Morgan fingerprint density at radius 2 is 2.03 bits per heavy atom. The summed E-state index contributed by atoms with van der Waals surface area (Å²) in [7, 11) is 2.15. The van der Waals surface area contributed by atoms with Crippen molar-refractivity contribution in [3.05, 3.63) is 70.0 Å². The summed E-state index contributed by atoms with van der Waals surface area (Å²) in [5.41, 5.74) is 3.75. The van der Waals surface area contributed by atoms with Crippen molar-refractivity contribution in [1.82, 2.24) is 25.1 Å². The molecule has 0 spiro atoms. The molecule has 1 aliphatic rings. The van der Waals surface area contributed by atoms with E-state index in [1.54, 1.807) is 17.4 Å². The van der Waals surface area contributed by atoms with Crippen LogP contribution in [-0.2, 0) is 13.1 Å². The second kappa shape index (κ2) is 9.35. The number of thiophene rings is 1. The zero-order valence-electron chi connectivity index (χ0n) is 18.5. The molecule has 0 atom stereocenters. The van der Waals surface area contributed by atoms with Gasteiger partial charge in [0.25, 0.3) is 5.91 Å². The Labute approximate surface area is 196 Å². The number of amides is 1. The molecule has 7 nitrogen and oxygen atoms in total. The number of pyridine rings is 1. The highest BCUT2D eigenvalue weighted by molar-refractivity contribution is 7.09. The minimum atomic E-state index is -0.146. The Kier molecular flexibility index (Phi) is 6.13. The van der Waals surface area contributed by atoms with E-state index in [2.05, 4.69) is 38.2 Å². The number of aromatic nitrogens is 2. The highest BCUT2D eigenvalue weighted by Crippen LogP contribution is 2.36. The topological polar surface area (TPSA) is 84.5 Å². The average molecular weight is 462 g/mol. The van der Waals surface area contributed by atoms with Crippen LogP contribution in [0.4, 0.5) is 0 Å². The summed E-state index contributed by atoms with van der Waals surface area (Å²) in [6.45, 7) is 5.64. The molecule has 0 radical (unpaired) electrons. The first kappa shape index (κ1) is 21.6. The molecule has 1 aliphatic heterocycles. The van der Waals surface area contributed by atoms with Gasteiger partial charge in [-0.2, -0.15) is 0 Å². The summed E-state index contributed by atoms with van der Waals surface area (Å²) in [6.07, 6.45) is 1.88. The SMILES string of the molecule is CN1CCN(Cc2ccc(-c3c(O)[nH]c4ccc(C(=O)NCc5cccs5)cc34)nc2)CC1. The number of benzene rings is 1. The fourth-order valence-electron chi connectivity index (χ4n) is 4.19. The fraction of sp³-hybridized carbons (Fsp3) is 0.280. The lowest BCUT2D eigenvalue weighted by Gasteiger charge is -2.32. The summed E-state index contributed by atoms with van der Waals surface area (Å²) in [4.78, 5) is 26.2. The molecule has 1 amide bonds. The van der Waals surface area contributed by atoms with Crippen molar-refractivity contribution in [3.8, 4) is 17.1 Å². The van der Waals surface area contributed by atoms with Crippen molar-refractivity contribution in [1.29, 1.82) is 0 Å². The number of piperazine rings is 1. The average Bonchev–Trinajstić information content (AvgIpc) is 3.46. The van der Waals surface area contributed by atoms with Gasteiger partial charge in [0.2, 0.25) is 0 Å². The molecule has 33 heavy (non-hydrogen) atoms. The summed E-state index contributed by atoms with van der Waals surface area (Å²) in [6, 6.07) is 13.4. The predicted octanol–water partition coefficient (Wildman–Crippen LogP) is 3.67. The molecule has 4 heterocycles. The third-order valence-corrected chi connectivity index (χ3v) is 7.00. The molecule has 0 aliphatic carbocycles. The number of aromatic amines is 1. The van der Waals surface area contributed by atoms with Gasteiger partial charge in [0.05, 0.1) is 17.8 Å². The van der Waals surface area contributed by atoms with E-state index in [-0.39, 0.29) is 11.8 Å². The number of hydrogen-bond donors (Lipinski definition) is 3. The number of rotatable bonds is 6. The molecule has 1 aromatic carbocycles. The lowest BCUT2D eigenvalue weighted by Crippen LogP contribution is -2.43. The first-order valence-electron chi connectivity index (χ1n) is 11.1. The molecular formula is C25H27N5O2S. The van der Waals surface area contributed by atoms with Crippen molar-refractivity contribution in [2.45, 2.75) is 13.1 Å². The fourth-order valence-corrected chi connectivity index (χ4v) is 4.84. The molecule has 0 saturated carbocycles. The zero-order chi connectivity index (χ0) is 22.8. The van der Waals surface area contributed by atoms with Crippen LogP contribution in [0.1, 0.15) is 20.8 Å². The maximum Gasteiger partial charge on any atom is 0.251 e. The number of likely N-dealkylation sites (N-methyl/N-ethyl adjacent to an activating group) is 1. The second-order valence-electron chi connectivity index (χ2n) is 8.50. The van der Waals surface area contributed by atoms with Crippen LogP contribution in [-0.4, -0.2) is 64.0 Å². The highest BCUT2D eigenvalue weighted by Gasteiger charge is 2.18. The van der Waals surface area contributed by atoms with Crippen molar-refractivity contribution in [2.75, 3.05) is 33.2 Å². The number of nitrogens with zero attached hydrogens (tertiary/aromatic N) is 3. The Balaban J connectivity index is 1.35. The van der Waals surface area contributed by atoms with Crippen LogP contribution in [0, 0.1) is 0 Å². The van der Waals surface area contributed by atoms with E-state index >= 15 is 0 Å². The normalized spacial score (nSPS) is 15.2. The quantitative estimate of drug-likeness (QED) is 0.408. The van der Waals surface area contributed by atoms with E-state index in [0.717, 1.165) is 54.1 Å². The zero-order valence-corrected chi connectivity index (χ0v) is 19.4. The van der Waals surface area contributed by atoms with Crippen molar-refractivity contribution in [3.63, 3.8) is 0 Å². The Bertz CT molecular complexity index is 1240. The first-order valence-corrected chi connectivity index (χ1v) is 12.0. The lowest BCUT2D eigenvalue weighted by atomic mass is 10.1. The maximum atomic E-state index is 12.7. The summed E-state index contributed by atoms with van der Waals surface area (Å²) in [5.74, 6) is -0.0899. The predicted molar refractivity (Wildman–Crippen MR) is 131 cm³/mol. The molecule has 0 bridgehead atoms. The molecule has 3 N–H and O–H groups in total. The van der Waals surface area contributed by atoms with Crippen LogP contribution in [0.5, 0.6) is 5.88 Å². The number of carbonyl (C=O) groups is 1. The van der Waals surface area contributed by atoms with Crippen LogP contribution in [0.2, 0.25) is 0 Å². The van der Waals surface area contributed by atoms with Gasteiger partial charge in [-0.1, -0.05) is 12.1 Å². The maximum absolute atomic E-state index is 12.7. The smallest absolute Gasteiger partial charge is 0.251 e. The van der Waals surface area contributed by atoms with Crippen molar-refractivity contribution in [2.24, 2.45) is 0 Å². The van der Waals surface area contributed by atoms with Gasteiger partial charge < -0.3 is 20.3 Å². The highest BCUT2D eigenvalue weighted by atomic mass is 32.1. The van der Waals surface area contributed by atoms with Crippen LogP contribution < -0.4 is 5.32 Å². The second-order valence-corrected chi connectivity index (χ2v) is 9.53. The summed E-state index contributed by atoms with van der Waals surface area (Å²) in [5, 5.41) is 16.3. The number of H-pyrrole nitrogens is 1. The summed E-state index contributed by atoms with van der Waals surface area (Å²) >= 11 is 1.61. The Hall–Kier alpha value is -3.20. The summed E-state index contributed by atoms with van der Waals surface area (Å²) < 4.78 is 0. The van der Waals surface area contributed by atoms with Gasteiger partial charge in [-0.25, -0.2) is 0 Å². The molecule has 1 fully saturated rings. The van der Waals surface area contributed by atoms with Gasteiger partial charge in [-0.05, 0) is 48.3 Å². The number of nitrogens with one attached hydrogen (secondary N) is 2. The molecule has 1 saturated heterocycles. The third kappa shape index (κ3) is 4.78. The molecule has 3 aromatic heterocycles. The minimum Gasteiger partial charge on any atom is -0.494 e. The van der Waals surface area contributed by atoms with Gasteiger partial charge in [0.1, 0.15) is 0 Å². The third-order valence-electron chi connectivity index (χ3n) is 6.13. The van der Waals surface area contributed by atoms with Crippen LogP contribution in [0.3, 0.4) is 0 Å². The molecule has 5 rings (SSSR count). The lowest BCUT2D eigenvalue weighted by molar-refractivity contribution is 0.0951. The first-order chi connectivity index (χ1) is 16.1. The van der Waals surface area contributed by atoms with Crippen molar-refractivity contribution < 1.29 is 9.90 Å². The minimum absolute atomic E-state index is 0.0560. The van der Waals surface area contributed by atoms with E-state index < -0.39 is 0 Å².